The van der Waals surface area contributed by atoms with Gasteiger partial charge < -0.3 is 16.4 Å². The summed E-state index contributed by atoms with van der Waals surface area (Å²) >= 11 is 0. The maximum Gasteiger partial charge on any atom is 0.319 e. The van der Waals surface area contributed by atoms with Crippen molar-refractivity contribution in [2.45, 2.75) is 18.9 Å². The summed E-state index contributed by atoms with van der Waals surface area (Å²) in [6.07, 6.45) is 6.72. The van der Waals surface area contributed by atoms with Gasteiger partial charge in [-0.05, 0) is 37.1 Å². The molecule has 1 saturated carbocycles. The molecule has 1 aliphatic carbocycles. The van der Waals surface area contributed by atoms with Crippen LogP contribution in [0.2, 0.25) is 0 Å². The van der Waals surface area contributed by atoms with Gasteiger partial charge >= 0.3 is 6.03 Å². The number of halogens is 2. The summed E-state index contributed by atoms with van der Waals surface area (Å²) in [7, 11) is 0. The van der Waals surface area contributed by atoms with Gasteiger partial charge in [0, 0.05) is 29.1 Å². The Kier molecular flexibility index (Phi) is 5.43. The van der Waals surface area contributed by atoms with Gasteiger partial charge in [0.2, 0.25) is 0 Å². The lowest BCUT2D eigenvalue weighted by molar-refractivity contribution is 0.251. The summed E-state index contributed by atoms with van der Waals surface area (Å²) in [6, 6.07) is 11.3. The highest BCUT2D eigenvalue weighted by Crippen LogP contribution is 2.26. The molecule has 1 fully saturated rings. The fourth-order valence-electron chi connectivity index (χ4n) is 3.19. The zero-order valence-corrected chi connectivity index (χ0v) is 17.1. The van der Waals surface area contributed by atoms with Gasteiger partial charge in [-0.25, -0.2) is 24.1 Å². The third-order valence-electron chi connectivity index (χ3n) is 4.87. The number of anilines is 2. The largest absolute Gasteiger partial charge is 0.381 e. The third kappa shape index (κ3) is 4.26. The van der Waals surface area contributed by atoms with Crippen LogP contribution in [-0.4, -0.2) is 31.4 Å². The van der Waals surface area contributed by atoms with Crippen LogP contribution in [0.25, 0.3) is 28.3 Å². The second-order valence-corrected chi connectivity index (χ2v) is 7.17. The molecule has 0 bridgehead atoms. The summed E-state index contributed by atoms with van der Waals surface area (Å²) < 4.78 is 15.3. The molecule has 31 heavy (non-hydrogen) atoms. The summed E-state index contributed by atoms with van der Waals surface area (Å²) in [6.45, 7) is 0. The van der Waals surface area contributed by atoms with Crippen LogP contribution in [0.5, 0.6) is 0 Å². The minimum atomic E-state index is -0.651. The van der Waals surface area contributed by atoms with Crippen LogP contribution >= 0.6 is 12.4 Å². The molecule has 4 N–H and O–H groups in total. The maximum absolute atomic E-state index is 13.3. The molecule has 3 aromatic heterocycles. The Labute approximate surface area is 183 Å². The van der Waals surface area contributed by atoms with Crippen LogP contribution in [0.1, 0.15) is 12.8 Å². The van der Waals surface area contributed by atoms with Gasteiger partial charge in [0.25, 0.3) is 0 Å². The fraction of sp³-hybridized carbons (Fsp3) is 0.143. The van der Waals surface area contributed by atoms with E-state index in [1.807, 2.05) is 40.9 Å². The van der Waals surface area contributed by atoms with Crippen LogP contribution in [0, 0.1) is 5.82 Å². The van der Waals surface area contributed by atoms with Gasteiger partial charge in [-0.3, -0.25) is 4.40 Å². The smallest absolute Gasteiger partial charge is 0.319 e. The minimum absolute atomic E-state index is 0. The molecule has 3 heterocycles. The van der Waals surface area contributed by atoms with Gasteiger partial charge in [0.1, 0.15) is 5.65 Å². The molecule has 5 rings (SSSR count). The van der Waals surface area contributed by atoms with E-state index in [-0.39, 0.29) is 24.3 Å². The van der Waals surface area contributed by atoms with E-state index in [1.165, 1.54) is 0 Å². The number of hydrogen-bond acceptors (Lipinski definition) is 5. The molecular weight excluding hydrogens is 421 g/mol. The van der Waals surface area contributed by atoms with E-state index in [0.29, 0.717) is 28.8 Å². The highest BCUT2D eigenvalue weighted by atomic mass is 35.5. The summed E-state index contributed by atoms with van der Waals surface area (Å²) in [5, 5.41) is 5.77. The number of aromatic nitrogens is 4. The zero-order valence-electron chi connectivity index (χ0n) is 16.2. The second-order valence-electron chi connectivity index (χ2n) is 7.17. The first kappa shape index (κ1) is 20.5. The molecule has 8 nitrogen and oxygen atoms in total. The Morgan fingerprint density at radius 2 is 1.97 bits per heavy atom. The maximum atomic E-state index is 13.3. The average molecular weight is 440 g/mol. The number of rotatable bonds is 4. The molecule has 0 radical (unpaired) electrons. The van der Waals surface area contributed by atoms with Crippen LogP contribution < -0.4 is 16.4 Å². The molecule has 158 valence electrons. The van der Waals surface area contributed by atoms with Crippen LogP contribution in [0.3, 0.4) is 0 Å². The predicted molar refractivity (Wildman–Crippen MR) is 118 cm³/mol. The van der Waals surface area contributed by atoms with Gasteiger partial charge in [-0.1, -0.05) is 12.1 Å². The van der Waals surface area contributed by atoms with Crippen molar-refractivity contribution in [1.29, 1.82) is 0 Å². The minimum Gasteiger partial charge on any atom is -0.381 e. The molecular formula is C21H19ClFN7O. The summed E-state index contributed by atoms with van der Waals surface area (Å²) in [4.78, 5) is 24.5. The van der Waals surface area contributed by atoms with E-state index in [0.717, 1.165) is 30.3 Å². The van der Waals surface area contributed by atoms with E-state index in [4.69, 9.17) is 5.73 Å². The lowest BCUT2D eigenvalue weighted by atomic mass is 10.1. The van der Waals surface area contributed by atoms with Gasteiger partial charge in [-0.2, -0.15) is 0 Å². The molecule has 1 aromatic carbocycles. The molecule has 0 aliphatic heterocycles. The van der Waals surface area contributed by atoms with Crippen molar-refractivity contribution in [2.75, 3.05) is 11.1 Å². The van der Waals surface area contributed by atoms with E-state index in [9.17, 15) is 9.18 Å². The zero-order chi connectivity index (χ0) is 20.7. The molecule has 10 heteroatoms. The van der Waals surface area contributed by atoms with Crippen molar-refractivity contribution in [3.8, 4) is 22.6 Å². The number of carbonyl (C=O) groups excluding carboxylic acids is 1. The third-order valence-corrected chi connectivity index (χ3v) is 4.87. The first-order chi connectivity index (χ1) is 14.6. The number of fused-ring (bicyclic) bond motifs is 1. The lowest BCUT2D eigenvalue weighted by Gasteiger charge is -2.09. The number of benzene rings is 1. The summed E-state index contributed by atoms with van der Waals surface area (Å²) in [5.41, 5.74) is 9.38. The van der Waals surface area contributed by atoms with E-state index < -0.39 is 5.82 Å². The molecule has 0 unspecified atom stereocenters. The number of nitrogens with one attached hydrogen (secondary N) is 2. The number of pyridine rings is 1. The highest BCUT2D eigenvalue weighted by molar-refractivity contribution is 5.90. The Hall–Kier alpha value is -3.72. The topological polar surface area (TPSA) is 110 Å². The Bertz CT molecular complexity index is 1270. The van der Waals surface area contributed by atoms with Crippen molar-refractivity contribution < 1.29 is 9.18 Å². The van der Waals surface area contributed by atoms with Crippen LogP contribution in [0.4, 0.5) is 20.7 Å². The molecule has 2 amide bonds. The Morgan fingerprint density at radius 1 is 1.13 bits per heavy atom. The van der Waals surface area contributed by atoms with Crippen molar-refractivity contribution in [3.63, 3.8) is 0 Å². The van der Waals surface area contributed by atoms with Crippen LogP contribution in [0.15, 0.2) is 55.0 Å². The molecule has 0 saturated heterocycles. The fourth-order valence-corrected chi connectivity index (χ4v) is 3.19. The normalized spacial score (nSPS) is 12.9. The van der Waals surface area contributed by atoms with Crippen LogP contribution in [-0.2, 0) is 0 Å². The Morgan fingerprint density at radius 3 is 2.74 bits per heavy atom. The van der Waals surface area contributed by atoms with E-state index in [1.54, 1.807) is 12.3 Å². The number of nitrogens with zero attached hydrogens (tertiary/aromatic N) is 4. The summed E-state index contributed by atoms with van der Waals surface area (Å²) in [5.74, 6) is -0.519. The molecule has 1 aliphatic rings. The van der Waals surface area contributed by atoms with Crippen molar-refractivity contribution in [2.24, 2.45) is 0 Å². The Balaban J connectivity index is 0.00000231. The number of urea groups is 1. The molecule has 0 atom stereocenters. The highest BCUT2D eigenvalue weighted by Gasteiger charge is 2.23. The SMILES string of the molecule is Cl.Nc1nc(-c2ccn3c(-c4cccc(NC(=O)NC5CC5)c4)cnc3c2)ncc1F. The number of amides is 2. The van der Waals surface area contributed by atoms with E-state index >= 15 is 0 Å². The number of nitrogen functional groups attached to an aromatic ring is 1. The predicted octanol–water partition coefficient (Wildman–Crippen LogP) is 3.89. The number of imidazole rings is 1. The number of carbonyl (C=O) groups is 1. The lowest BCUT2D eigenvalue weighted by Crippen LogP contribution is -2.30. The first-order valence-corrected chi connectivity index (χ1v) is 9.50. The standard InChI is InChI=1S/C21H18FN7O.ClH/c22-16-10-25-20(28-19(16)23)13-6-7-29-17(11-24-18(29)9-13)12-2-1-3-15(8-12)27-21(30)26-14-4-5-14;/h1-3,6-11,14H,4-5H2,(H2,23,25,28)(H2,26,27,30);1H. The van der Waals surface area contributed by atoms with Gasteiger partial charge in [-0.15, -0.1) is 12.4 Å². The van der Waals surface area contributed by atoms with Crippen molar-refractivity contribution in [1.82, 2.24) is 24.7 Å². The number of nitrogens with two attached hydrogens (primary N) is 1. The second kappa shape index (κ2) is 8.19. The quantitative estimate of drug-likeness (QED) is 0.447. The van der Waals surface area contributed by atoms with E-state index in [2.05, 4.69) is 25.6 Å². The van der Waals surface area contributed by atoms with Gasteiger partial charge in [0.15, 0.2) is 17.5 Å². The van der Waals surface area contributed by atoms with Gasteiger partial charge in [0.05, 0.1) is 18.1 Å². The monoisotopic (exact) mass is 439 g/mol. The number of hydrogen-bond donors (Lipinski definition) is 3. The van der Waals surface area contributed by atoms with Crippen molar-refractivity contribution in [3.05, 3.63) is 60.8 Å². The van der Waals surface area contributed by atoms with Crippen molar-refractivity contribution >= 4 is 35.6 Å². The molecule has 4 aromatic rings. The molecule has 0 spiro atoms. The first-order valence-electron chi connectivity index (χ1n) is 9.50. The average Bonchev–Trinajstić information content (AvgIpc) is 3.45.